The number of aliphatic hydroxyl groups is 1. The molecule has 0 spiro atoms. The van der Waals surface area contributed by atoms with Gasteiger partial charge in [-0.25, -0.2) is 0 Å². The van der Waals surface area contributed by atoms with Crippen LogP contribution < -0.4 is 0 Å². The fraction of sp³-hybridized carbons (Fsp3) is 0.500. The molecule has 96 valence electrons. The fourth-order valence-electron chi connectivity index (χ4n) is 1.28. The first-order chi connectivity index (χ1) is 7.99. The van der Waals surface area contributed by atoms with Crippen molar-refractivity contribution in [3.63, 3.8) is 0 Å². The van der Waals surface area contributed by atoms with Crippen molar-refractivity contribution in [3.05, 3.63) is 33.8 Å². The number of benzene rings is 1. The highest BCUT2D eigenvalue weighted by atomic mass is 35.5. The lowest BCUT2D eigenvalue weighted by Gasteiger charge is -2.14. The minimum absolute atomic E-state index is 0.357. The lowest BCUT2D eigenvalue weighted by atomic mass is 10.2. The van der Waals surface area contributed by atoms with E-state index in [1.807, 2.05) is 26.2 Å². The highest BCUT2D eigenvalue weighted by Gasteiger charge is 2.08. The van der Waals surface area contributed by atoms with E-state index in [1.165, 1.54) is 11.8 Å². The molecular formula is C12H17Cl2NOS. The number of aliphatic hydroxyl groups excluding tert-OH is 1. The van der Waals surface area contributed by atoms with Gasteiger partial charge in [-0.05, 0) is 38.2 Å². The summed E-state index contributed by atoms with van der Waals surface area (Å²) in [5.74, 6) is 0.699. The van der Waals surface area contributed by atoms with Crippen molar-refractivity contribution < 1.29 is 5.11 Å². The zero-order valence-electron chi connectivity index (χ0n) is 9.99. The first-order valence-electron chi connectivity index (χ1n) is 5.37. The van der Waals surface area contributed by atoms with Crippen LogP contribution in [-0.2, 0) is 5.75 Å². The van der Waals surface area contributed by atoms with E-state index in [1.54, 1.807) is 6.07 Å². The molecule has 17 heavy (non-hydrogen) atoms. The summed E-state index contributed by atoms with van der Waals surface area (Å²) >= 11 is 13.4. The smallest absolute Gasteiger partial charge is 0.101 e. The normalized spacial score (nSPS) is 13.1. The van der Waals surface area contributed by atoms with Gasteiger partial charge in [0.2, 0.25) is 0 Å². The molecule has 1 unspecified atom stereocenters. The molecule has 1 rings (SSSR count). The second-order valence-corrected chi connectivity index (χ2v) is 6.10. The third-order valence-electron chi connectivity index (χ3n) is 2.27. The van der Waals surface area contributed by atoms with Gasteiger partial charge < -0.3 is 10.0 Å². The zero-order valence-corrected chi connectivity index (χ0v) is 12.3. The van der Waals surface area contributed by atoms with Crippen molar-refractivity contribution in [1.29, 1.82) is 0 Å². The third-order valence-corrected chi connectivity index (χ3v) is 3.95. The maximum Gasteiger partial charge on any atom is 0.101 e. The summed E-state index contributed by atoms with van der Waals surface area (Å²) in [5.41, 5.74) is 0.647. The van der Waals surface area contributed by atoms with Gasteiger partial charge in [-0.3, -0.25) is 0 Å². The van der Waals surface area contributed by atoms with E-state index < -0.39 is 0 Å². The Morgan fingerprint density at radius 2 is 2.06 bits per heavy atom. The van der Waals surface area contributed by atoms with E-state index in [2.05, 4.69) is 4.90 Å². The SMILES string of the molecule is CN(C)CCC(O)SCc1ccc(Cl)cc1Cl. The second kappa shape index (κ2) is 7.49. The molecule has 1 aromatic rings. The second-order valence-electron chi connectivity index (χ2n) is 4.09. The average molecular weight is 294 g/mol. The summed E-state index contributed by atoms with van der Waals surface area (Å²) in [6, 6.07) is 5.44. The minimum atomic E-state index is -0.357. The summed E-state index contributed by atoms with van der Waals surface area (Å²) in [7, 11) is 3.99. The number of rotatable bonds is 6. The number of hydrogen-bond donors (Lipinski definition) is 1. The van der Waals surface area contributed by atoms with Gasteiger partial charge in [-0.15, -0.1) is 11.8 Å². The summed E-state index contributed by atoms with van der Waals surface area (Å²) in [5, 5.41) is 11.1. The highest BCUT2D eigenvalue weighted by Crippen LogP contribution is 2.26. The van der Waals surface area contributed by atoms with Crippen molar-refractivity contribution in [2.75, 3.05) is 20.6 Å². The predicted octanol–water partition coefficient (Wildman–Crippen LogP) is 3.50. The molecule has 0 bridgehead atoms. The van der Waals surface area contributed by atoms with Gasteiger partial charge in [0.25, 0.3) is 0 Å². The Balaban J connectivity index is 2.39. The molecule has 0 aromatic heterocycles. The van der Waals surface area contributed by atoms with Gasteiger partial charge in [0.15, 0.2) is 0 Å². The van der Waals surface area contributed by atoms with Crippen molar-refractivity contribution in [1.82, 2.24) is 4.90 Å². The first kappa shape index (κ1) is 15.1. The molecule has 0 saturated carbocycles. The fourth-order valence-corrected chi connectivity index (χ4v) is 2.73. The molecule has 0 aliphatic rings. The molecule has 0 amide bonds. The molecule has 0 aliphatic heterocycles. The van der Waals surface area contributed by atoms with Crippen LogP contribution in [0, 0.1) is 0 Å². The lowest BCUT2D eigenvalue weighted by Crippen LogP contribution is -2.17. The number of thioether (sulfide) groups is 1. The van der Waals surface area contributed by atoms with E-state index >= 15 is 0 Å². The van der Waals surface area contributed by atoms with Gasteiger partial charge in [0, 0.05) is 22.3 Å². The molecular weight excluding hydrogens is 277 g/mol. The molecule has 1 atom stereocenters. The van der Waals surface area contributed by atoms with Gasteiger partial charge in [-0.2, -0.15) is 0 Å². The summed E-state index contributed by atoms with van der Waals surface area (Å²) in [4.78, 5) is 2.05. The van der Waals surface area contributed by atoms with Crippen LogP contribution in [-0.4, -0.2) is 36.1 Å². The topological polar surface area (TPSA) is 23.5 Å². The molecule has 0 radical (unpaired) electrons. The molecule has 2 nitrogen and oxygen atoms in total. The standard InChI is InChI=1S/C12H17Cl2NOS/c1-15(2)6-5-12(16)17-8-9-3-4-10(13)7-11(9)14/h3-4,7,12,16H,5-6,8H2,1-2H3. The van der Waals surface area contributed by atoms with Crippen molar-refractivity contribution in [2.24, 2.45) is 0 Å². The Bertz CT molecular complexity index is 360. The van der Waals surface area contributed by atoms with Crippen molar-refractivity contribution >= 4 is 35.0 Å². The van der Waals surface area contributed by atoms with Crippen LogP contribution in [0.5, 0.6) is 0 Å². The zero-order chi connectivity index (χ0) is 12.8. The Hall–Kier alpha value is 0.0700. The average Bonchev–Trinajstić information content (AvgIpc) is 2.25. The molecule has 0 heterocycles. The van der Waals surface area contributed by atoms with Crippen molar-refractivity contribution in [3.8, 4) is 0 Å². The number of halogens is 2. The van der Waals surface area contributed by atoms with Gasteiger partial charge in [-0.1, -0.05) is 29.3 Å². The minimum Gasteiger partial charge on any atom is -0.382 e. The Morgan fingerprint density at radius 1 is 1.35 bits per heavy atom. The van der Waals surface area contributed by atoms with Crippen LogP contribution in [0.15, 0.2) is 18.2 Å². The maximum atomic E-state index is 9.77. The molecule has 1 aromatic carbocycles. The predicted molar refractivity (Wildman–Crippen MR) is 76.9 cm³/mol. The van der Waals surface area contributed by atoms with E-state index in [-0.39, 0.29) is 5.44 Å². The van der Waals surface area contributed by atoms with Gasteiger partial charge >= 0.3 is 0 Å². The van der Waals surface area contributed by atoms with Crippen molar-refractivity contribution in [2.45, 2.75) is 17.6 Å². The van der Waals surface area contributed by atoms with Crippen LogP contribution in [0.3, 0.4) is 0 Å². The third kappa shape index (κ3) is 5.98. The number of hydrogen-bond acceptors (Lipinski definition) is 3. The maximum absolute atomic E-state index is 9.77. The van der Waals surface area contributed by atoms with Crippen LogP contribution in [0.2, 0.25) is 10.0 Å². The summed E-state index contributed by atoms with van der Waals surface area (Å²) < 4.78 is 0. The molecule has 0 fully saturated rings. The van der Waals surface area contributed by atoms with Gasteiger partial charge in [0.05, 0.1) is 0 Å². The molecule has 5 heteroatoms. The molecule has 1 N–H and O–H groups in total. The quantitative estimate of drug-likeness (QED) is 0.812. The molecule has 0 saturated heterocycles. The van der Waals surface area contributed by atoms with Gasteiger partial charge in [0.1, 0.15) is 5.44 Å². The lowest BCUT2D eigenvalue weighted by molar-refractivity contribution is 0.232. The van der Waals surface area contributed by atoms with E-state index in [0.717, 1.165) is 18.5 Å². The monoisotopic (exact) mass is 293 g/mol. The Morgan fingerprint density at radius 3 is 2.65 bits per heavy atom. The largest absolute Gasteiger partial charge is 0.382 e. The van der Waals surface area contributed by atoms with E-state index in [9.17, 15) is 5.11 Å². The van der Waals surface area contributed by atoms with Crippen LogP contribution in [0.4, 0.5) is 0 Å². The van der Waals surface area contributed by atoms with Crippen LogP contribution in [0.25, 0.3) is 0 Å². The highest BCUT2D eigenvalue weighted by molar-refractivity contribution is 7.98. The Kier molecular flexibility index (Phi) is 6.67. The van der Waals surface area contributed by atoms with Crippen LogP contribution in [0.1, 0.15) is 12.0 Å². The Labute approximate surface area is 117 Å². The summed E-state index contributed by atoms with van der Waals surface area (Å²) in [6.45, 7) is 0.877. The van der Waals surface area contributed by atoms with E-state index in [0.29, 0.717) is 15.8 Å². The first-order valence-corrected chi connectivity index (χ1v) is 7.18. The summed E-state index contributed by atoms with van der Waals surface area (Å²) in [6.07, 6.45) is 0.753. The molecule has 0 aliphatic carbocycles. The number of nitrogens with zero attached hydrogens (tertiary/aromatic N) is 1. The van der Waals surface area contributed by atoms with E-state index in [4.69, 9.17) is 23.2 Å². The van der Waals surface area contributed by atoms with Crippen LogP contribution >= 0.6 is 35.0 Å².